The van der Waals surface area contributed by atoms with Crippen LogP contribution in [-0.2, 0) is 4.79 Å². The minimum absolute atomic E-state index is 0.0259. The molecule has 1 heterocycles. The van der Waals surface area contributed by atoms with Crippen molar-refractivity contribution in [3.63, 3.8) is 0 Å². The molecule has 0 spiro atoms. The molecule has 2 aromatic rings. The number of aromatic carboxylic acids is 1. The maximum Gasteiger partial charge on any atom is 0.371 e. The van der Waals surface area contributed by atoms with Crippen LogP contribution in [0.5, 0.6) is 0 Å². The Bertz CT molecular complexity index is 649. The van der Waals surface area contributed by atoms with Gasteiger partial charge in [-0.15, -0.1) is 0 Å². The summed E-state index contributed by atoms with van der Waals surface area (Å²) in [6.45, 7) is 0. The number of hydrogen-bond donors (Lipinski definition) is 2. The number of furan rings is 1. The molecule has 102 valence electrons. The monoisotopic (exact) mass is 272 g/mol. The van der Waals surface area contributed by atoms with Crippen molar-refractivity contribution in [3.05, 3.63) is 53.8 Å². The van der Waals surface area contributed by atoms with Crippen LogP contribution in [0, 0.1) is 0 Å². The summed E-state index contributed by atoms with van der Waals surface area (Å²) in [6, 6.07) is 10.2. The van der Waals surface area contributed by atoms with Crippen molar-refractivity contribution in [2.24, 2.45) is 0 Å². The Morgan fingerprint density at radius 3 is 2.30 bits per heavy atom. The Morgan fingerprint density at radius 2 is 1.75 bits per heavy atom. The smallest absolute Gasteiger partial charge is 0.371 e. The molecule has 5 nitrogen and oxygen atoms in total. The number of aliphatic carboxylic acids is 1. The molecule has 2 N–H and O–H groups in total. The van der Waals surface area contributed by atoms with Crippen molar-refractivity contribution in [2.45, 2.75) is 6.42 Å². The minimum atomic E-state index is -1.11. The predicted octanol–water partition coefficient (Wildman–Crippen LogP) is 3.13. The van der Waals surface area contributed by atoms with Crippen LogP contribution in [0.3, 0.4) is 0 Å². The minimum Gasteiger partial charge on any atom is -0.481 e. The Hall–Kier alpha value is -2.82. The van der Waals surface area contributed by atoms with E-state index in [2.05, 4.69) is 0 Å². The lowest BCUT2D eigenvalue weighted by atomic mass is 10.1. The van der Waals surface area contributed by atoms with Crippen LogP contribution in [-0.4, -0.2) is 22.2 Å². The lowest BCUT2D eigenvalue weighted by Gasteiger charge is -1.98. The van der Waals surface area contributed by atoms with Crippen LogP contribution in [0.4, 0.5) is 0 Å². The van der Waals surface area contributed by atoms with E-state index >= 15 is 0 Å². The van der Waals surface area contributed by atoms with Crippen molar-refractivity contribution in [1.82, 2.24) is 0 Å². The van der Waals surface area contributed by atoms with E-state index < -0.39 is 11.9 Å². The van der Waals surface area contributed by atoms with E-state index in [4.69, 9.17) is 14.6 Å². The van der Waals surface area contributed by atoms with Crippen molar-refractivity contribution in [2.75, 3.05) is 0 Å². The first-order valence-electron chi connectivity index (χ1n) is 5.88. The second-order valence-corrected chi connectivity index (χ2v) is 4.09. The third-order valence-electron chi connectivity index (χ3n) is 2.61. The Kier molecular flexibility index (Phi) is 4.00. The highest BCUT2D eigenvalue weighted by Crippen LogP contribution is 2.22. The number of carboxylic acids is 2. The van der Waals surface area contributed by atoms with Crippen molar-refractivity contribution in [3.8, 4) is 11.3 Å². The Morgan fingerprint density at radius 1 is 1.05 bits per heavy atom. The maximum atomic E-state index is 10.7. The highest BCUT2D eigenvalue weighted by molar-refractivity contribution is 5.85. The topological polar surface area (TPSA) is 87.7 Å². The van der Waals surface area contributed by atoms with Gasteiger partial charge in [0.2, 0.25) is 5.76 Å². The second kappa shape index (κ2) is 5.88. The largest absolute Gasteiger partial charge is 0.481 e. The zero-order valence-electron chi connectivity index (χ0n) is 10.4. The Balaban J connectivity index is 2.13. The molecule has 0 aliphatic carbocycles. The molecule has 0 saturated carbocycles. The van der Waals surface area contributed by atoms with Crippen molar-refractivity contribution in [1.29, 1.82) is 0 Å². The normalized spacial score (nSPS) is 10.8. The van der Waals surface area contributed by atoms with E-state index in [1.807, 2.05) is 0 Å². The summed E-state index contributed by atoms with van der Waals surface area (Å²) >= 11 is 0. The van der Waals surface area contributed by atoms with E-state index in [0.29, 0.717) is 5.76 Å². The van der Waals surface area contributed by atoms with E-state index in [0.717, 1.165) is 11.1 Å². The molecule has 20 heavy (non-hydrogen) atoms. The number of carbonyl (C=O) groups is 2. The fraction of sp³-hybridized carbons (Fsp3) is 0.0667. The van der Waals surface area contributed by atoms with Crippen molar-refractivity contribution < 1.29 is 24.2 Å². The summed E-state index contributed by atoms with van der Waals surface area (Å²) in [7, 11) is 0. The standard InChI is InChI=1S/C15H12O5/c16-14(17)3-1-2-10-4-6-11(7-5-10)12-8-9-13(20-12)15(18)19/h1-2,4-9H,3H2,(H,16,17)(H,18,19). The van der Waals surface area contributed by atoms with E-state index in [1.54, 1.807) is 42.5 Å². The molecule has 0 unspecified atom stereocenters. The summed E-state index contributed by atoms with van der Waals surface area (Å²) in [6.07, 6.45) is 3.25. The molecule has 0 saturated heterocycles. The predicted molar refractivity (Wildman–Crippen MR) is 72.4 cm³/mol. The van der Waals surface area contributed by atoms with Gasteiger partial charge in [-0.2, -0.15) is 0 Å². The molecule has 1 aromatic carbocycles. The summed E-state index contributed by atoms with van der Waals surface area (Å²) in [5, 5.41) is 17.3. The van der Waals surface area contributed by atoms with Gasteiger partial charge in [0.05, 0.1) is 6.42 Å². The molecular weight excluding hydrogens is 260 g/mol. The molecule has 2 rings (SSSR count). The molecule has 0 aliphatic rings. The van der Waals surface area contributed by atoms with Gasteiger partial charge in [-0.25, -0.2) is 4.79 Å². The molecule has 1 aromatic heterocycles. The first-order chi connectivity index (χ1) is 9.56. The van der Waals surface area contributed by atoms with Gasteiger partial charge in [-0.3, -0.25) is 4.79 Å². The van der Waals surface area contributed by atoms with Gasteiger partial charge in [0, 0.05) is 5.56 Å². The first kappa shape index (κ1) is 13.6. The fourth-order valence-corrected chi connectivity index (χ4v) is 1.66. The lowest BCUT2D eigenvalue weighted by Crippen LogP contribution is -1.91. The highest BCUT2D eigenvalue weighted by atomic mass is 16.4. The molecule has 5 heteroatoms. The quantitative estimate of drug-likeness (QED) is 0.873. The van der Waals surface area contributed by atoms with Gasteiger partial charge in [0.15, 0.2) is 0 Å². The van der Waals surface area contributed by atoms with Gasteiger partial charge in [-0.1, -0.05) is 36.4 Å². The van der Waals surface area contributed by atoms with E-state index in [9.17, 15) is 9.59 Å². The van der Waals surface area contributed by atoms with Crippen LogP contribution >= 0.6 is 0 Å². The molecule has 0 fully saturated rings. The summed E-state index contributed by atoms with van der Waals surface area (Å²) in [5.41, 5.74) is 1.62. The maximum absolute atomic E-state index is 10.7. The molecule has 0 atom stereocenters. The van der Waals surface area contributed by atoms with Gasteiger partial charge in [0.25, 0.3) is 0 Å². The molecule has 0 amide bonds. The second-order valence-electron chi connectivity index (χ2n) is 4.09. The fourth-order valence-electron chi connectivity index (χ4n) is 1.66. The average molecular weight is 272 g/mol. The zero-order chi connectivity index (χ0) is 14.5. The van der Waals surface area contributed by atoms with Gasteiger partial charge in [-0.05, 0) is 17.7 Å². The Labute approximate surface area is 114 Å². The molecule has 0 aliphatic heterocycles. The van der Waals surface area contributed by atoms with Gasteiger partial charge >= 0.3 is 11.9 Å². The van der Waals surface area contributed by atoms with Crippen LogP contribution in [0.2, 0.25) is 0 Å². The van der Waals surface area contributed by atoms with Crippen LogP contribution < -0.4 is 0 Å². The number of benzene rings is 1. The van der Waals surface area contributed by atoms with Crippen LogP contribution in [0.25, 0.3) is 17.4 Å². The van der Waals surface area contributed by atoms with Crippen LogP contribution in [0.15, 0.2) is 46.9 Å². The third-order valence-corrected chi connectivity index (χ3v) is 2.61. The first-order valence-corrected chi connectivity index (χ1v) is 5.88. The van der Waals surface area contributed by atoms with E-state index in [-0.39, 0.29) is 12.2 Å². The average Bonchev–Trinajstić information content (AvgIpc) is 2.89. The molecule has 0 radical (unpaired) electrons. The molecular formula is C15H12O5. The lowest BCUT2D eigenvalue weighted by molar-refractivity contribution is -0.135. The van der Waals surface area contributed by atoms with E-state index in [1.165, 1.54) is 6.07 Å². The SMILES string of the molecule is O=C(O)CC=Cc1ccc(-c2ccc(C(=O)O)o2)cc1. The number of hydrogen-bond acceptors (Lipinski definition) is 3. The summed E-state index contributed by atoms with van der Waals surface area (Å²) in [4.78, 5) is 21.1. The summed E-state index contributed by atoms with van der Waals surface area (Å²) < 4.78 is 5.19. The van der Waals surface area contributed by atoms with Crippen LogP contribution in [0.1, 0.15) is 22.5 Å². The third kappa shape index (κ3) is 3.35. The van der Waals surface area contributed by atoms with Crippen molar-refractivity contribution >= 4 is 18.0 Å². The van der Waals surface area contributed by atoms with Gasteiger partial charge < -0.3 is 14.6 Å². The zero-order valence-corrected chi connectivity index (χ0v) is 10.4. The number of carboxylic acid groups (broad SMARTS) is 2. The summed E-state index contributed by atoms with van der Waals surface area (Å²) in [5.74, 6) is -1.62. The number of rotatable bonds is 5. The highest BCUT2D eigenvalue weighted by Gasteiger charge is 2.09. The molecule has 0 bridgehead atoms. The van der Waals surface area contributed by atoms with Gasteiger partial charge in [0.1, 0.15) is 5.76 Å².